The fourth-order valence-electron chi connectivity index (χ4n) is 3.11. The number of hydrogen-bond acceptors (Lipinski definition) is 6. The minimum absolute atomic E-state index is 0.237. The number of benzene rings is 2. The number of nitrogens with one attached hydrogen (secondary N) is 1. The maximum atomic E-state index is 13.2. The second kappa shape index (κ2) is 15.3. The molecule has 33 heavy (non-hydrogen) atoms. The van der Waals surface area contributed by atoms with E-state index >= 15 is 0 Å². The summed E-state index contributed by atoms with van der Waals surface area (Å²) in [5.41, 5.74) is 7.97. The van der Waals surface area contributed by atoms with Gasteiger partial charge in [-0.25, -0.2) is 4.39 Å². The molecule has 0 unspecified atom stereocenters. The molecule has 0 saturated carbocycles. The van der Waals surface area contributed by atoms with Crippen LogP contribution in [0.1, 0.15) is 43.0 Å². The molecule has 0 aliphatic carbocycles. The van der Waals surface area contributed by atoms with Crippen molar-refractivity contribution >= 4 is 34.5 Å². The largest absolute Gasteiger partial charge is 0.455 e. The van der Waals surface area contributed by atoms with Gasteiger partial charge in [0.2, 0.25) is 0 Å². The van der Waals surface area contributed by atoms with E-state index in [2.05, 4.69) is 12.2 Å². The second-order valence-electron chi connectivity index (χ2n) is 7.10. The lowest BCUT2D eigenvalue weighted by Gasteiger charge is -2.14. The van der Waals surface area contributed by atoms with Crippen molar-refractivity contribution in [1.82, 2.24) is 5.32 Å². The van der Waals surface area contributed by atoms with Crippen molar-refractivity contribution in [1.29, 1.82) is 0 Å². The maximum absolute atomic E-state index is 13.2. The first kappa shape index (κ1) is 28.5. The Labute approximate surface area is 200 Å². The van der Waals surface area contributed by atoms with Crippen molar-refractivity contribution in [2.24, 2.45) is 5.73 Å². The van der Waals surface area contributed by atoms with E-state index in [-0.39, 0.29) is 11.7 Å². The SMILES string of the molecule is CCCCCCN.CNC(=O)c1c(-c2ccc(F)cc2)oc2cc(N(C)SC)ccc12.CO. The highest BCUT2D eigenvalue weighted by atomic mass is 32.2. The van der Waals surface area contributed by atoms with Gasteiger partial charge in [-0.05, 0) is 49.4 Å². The molecule has 0 fully saturated rings. The van der Waals surface area contributed by atoms with E-state index in [1.165, 1.54) is 37.8 Å². The van der Waals surface area contributed by atoms with E-state index in [0.29, 0.717) is 22.5 Å². The van der Waals surface area contributed by atoms with Crippen LogP contribution in [0.25, 0.3) is 22.3 Å². The van der Waals surface area contributed by atoms with Gasteiger partial charge < -0.3 is 24.9 Å². The summed E-state index contributed by atoms with van der Waals surface area (Å²) in [7, 11) is 4.53. The van der Waals surface area contributed by atoms with Crippen LogP contribution >= 0.6 is 11.9 Å². The molecule has 0 atom stereocenters. The summed E-state index contributed by atoms with van der Waals surface area (Å²) in [6.07, 6.45) is 7.14. The zero-order valence-corrected chi connectivity index (χ0v) is 21.0. The monoisotopic (exact) mass is 477 g/mol. The fourth-order valence-corrected chi connectivity index (χ4v) is 3.44. The zero-order chi connectivity index (χ0) is 24.8. The molecule has 6 nitrogen and oxygen atoms in total. The Morgan fingerprint density at radius 2 is 1.82 bits per heavy atom. The van der Waals surface area contributed by atoms with Crippen LogP contribution in [0, 0.1) is 5.82 Å². The molecular weight excluding hydrogens is 441 g/mol. The number of nitrogens with zero attached hydrogens (tertiary/aromatic N) is 1. The van der Waals surface area contributed by atoms with Gasteiger partial charge in [-0.1, -0.05) is 38.1 Å². The van der Waals surface area contributed by atoms with Crippen LogP contribution < -0.4 is 15.4 Å². The van der Waals surface area contributed by atoms with E-state index in [0.717, 1.165) is 24.7 Å². The molecule has 4 N–H and O–H groups in total. The average molecular weight is 478 g/mol. The molecule has 0 spiro atoms. The van der Waals surface area contributed by atoms with Gasteiger partial charge in [-0.3, -0.25) is 4.79 Å². The Morgan fingerprint density at radius 1 is 1.15 bits per heavy atom. The number of fused-ring (bicyclic) bond motifs is 1. The molecule has 8 heteroatoms. The molecule has 3 rings (SSSR count). The Balaban J connectivity index is 0.000000520. The molecule has 0 bridgehead atoms. The van der Waals surface area contributed by atoms with E-state index in [1.807, 2.05) is 35.8 Å². The van der Waals surface area contributed by atoms with E-state index in [1.54, 1.807) is 31.1 Å². The zero-order valence-electron chi connectivity index (χ0n) is 20.2. The lowest BCUT2D eigenvalue weighted by atomic mass is 10.0. The number of furan rings is 1. The Bertz CT molecular complexity index is 973. The summed E-state index contributed by atoms with van der Waals surface area (Å²) < 4.78 is 21.2. The molecule has 1 aromatic heterocycles. The van der Waals surface area contributed by atoms with Crippen LogP contribution in [0.4, 0.5) is 10.1 Å². The van der Waals surface area contributed by atoms with Crippen molar-refractivity contribution in [3.8, 4) is 11.3 Å². The minimum atomic E-state index is -0.333. The second-order valence-corrected chi connectivity index (χ2v) is 8.01. The maximum Gasteiger partial charge on any atom is 0.255 e. The van der Waals surface area contributed by atoms with Crippen LogP contribution in [0.2, 0.25) is 0 Å². The van der Waals surface area contributed by atoms with Gasteiger partial charge in [0.15, 0.2) is 0 Å². The topological polar surface area (TPSA) is 91.7 Å². The molecule has 1 heterocycles. The van der Waals surface area contributed by atoms with Gasteiger partial charge in [-0.15, -0.1) is 0 Å². The number of hydrogen-bond donors (Lipinski definition) is 3. The third kappa shape index (κ3) is 8.07. The molecule has 0 aliphatic rings. The molecule has 182 valence electrons. The number of nitrogens with two attached hydrogens (primary N) is 1. The molecular formula is C25H36FN3O3S. The number of carbonyl (C=O) groups is 1. The molecule has 2 aromatic carbocycles. The standard InChI is InChI=1S/C18H17FN2O2S.C6H15N.CH4O/c1-20-18(22)16-14-9-8-13(21(2)24-3)10-15(14)23-17(16)11-4-6-12(19)7-5-11;1-2-3-4-5-6-7;1-2/h4-10H,1-3H3,(H,20,22);2-7H2,1H3;2H,1H3. The lowest BCUT2D eigenvalue weighted by Crippen LogP contribution is -2.18. The first-order valence-electron chi connectivity index (χ1n) is 10.9. The van der Waals surface area contributed by atoms with Crippen LogP contribution in [-0.4, -0.2) is 45.0 Å². The average Bonchev–Trinajstić information content (AvgIpc) is 3.24. The number of aliphatic hydroxyl groups is 1. The summed E-state index contributed by atoms with van der Waals surface area (Å²) in [5, 5.41) is 10.4. The number of unbranched alkanes of at least 4 members (excludes halogenated alkanes) is 3. The Hall–Kier alpha value is -2.55. The van der Waals surface area contributed by atoms with Crippen molar-refractivity contribution < 1.29 is 18.7 Å². The van der Waals surface area contributed by atoms with Gasteiger partial charge in [0.1, 0.15) is 17.2 Å². The van der Waals surface area contributed by atoms with Crippen LogP contribution in [-0.2, 0) is 0 Å². The number of aliphatic hydroxyl groups excluding tert-OH is 1. The van der Waals surface area contributed by atoms with E-state index < -0.39 is 0 Å². The molecule has 0 aliphatic heterocycles. The quantitative estimate of drug-likeness (QED) is 0.295. The molecule has 0 saturated heterocycles. The molecule has 3 aromatic rings. The number of carbonyl (C=O) groups excluding carboxylic acids is 1. The summed E-state index contributed by atoms with van der Waals surface area (Å²) in [6, 6.07) is 11.6. The van der Waals surface area contributed by atoms with Gasteiger partial charge in [0.25, 0.3) is 5.91 Å². The number of anilines is 1. The first-order chi connectivity index (χ1) is 16.0. The summed E-state index contributed by atoms with van der Waals surface area (Å²) >= 11 is 1.58. The molecule has 0 radical (unpaired) electrons. The van der Waals surface area contributed by atoms with Crippen LogP contribution in [0.5, 0.6) is 0 Å². The third-order valence-electron chi connectivity index (χ3n) is 4.93. The van der Waals surface area contributed by atoms with Gasteiger partial charge in [-0.2, -0.15) is 0 Å². The summed E-state index contributed by atoms with van der Waals surface area (Å²) in [4.78, 5) is 12.4. The predicted molar refractivity (Wildman–Crippen MR) is 138 cm³/mol. The summed E-state index contributed by atoms with van der Waals surface area (Å²) in [6.45, 7) is 3.07. The smallest absolute Gasteiger partial charge is 0.255 e. The van der Waals surface area contributed by atoms with Crippen molar-refractivity contribution in [2.45, 2.75) is 32.6 Å². The fraction of sp³-hybridized carbons (Fsp3) is 0.400. The lowest BCUT2D eigenvalue weighted by molar-refractivity contribution is 0.0964. The summed E-state index contributed by atoms with van der Waals surface area (Å²) in [5.74, 6) is -0.132. The Kier molecular flexibility index (Phi) is 13.2. The predicted octanol–water partition coefficient (Wildman–Crippen LogP) is 5.45. The highest BCUT2D eigenvalue weighted by molar-refractivity contribution is 7.99. The number of rotatable bonds is 8. The van der Waals surface area contributed by atoms with E-state index in [4.69, 9.17) is 15.3 Å². The highest BCUT2D eigenvalue weighted by Gasteiger charge is 2.22. The van der Waals surface area contributed by atoms with Crippen molar-refractivity contribution in [2.75, 3.05) is 38.3 Å². The van der Waals surface area contributed by atoms with Gasteiger partial charge in [0.05, 0.1) is 11.3 Å². The normalized spacial score (nSPS) is 10.1. The van der Waals surface area contributed by atoms with Crippen molar-refractivity contribution in [3.63, 3.8) is 0 Å². The van der Waals surface area contributed by atoms with Gasteiger partial charge >= 0.3 is 0 Å². The third-order valence-corrected chi connectivity index (χ3v) is 5.69. The van der Waals surface area contributed by atoms with Gasteiger partial charge in [0, 0.05) is 44.5 Å². The first-order valence-corrected chi connectivity index (χ1v) is 12.1. The number of halogens is 1. The highest BCUT2D eigenvalue weighted by Crippen LogP contribution is 2.36. The molecule has 1 amide bonds. The van der Waals surface area contributed by atoms with E-state index in [9.17, 15) is 9.18 Å². The van der Waals surface area contributed by atoms with Crippen molar-refractivity contribution in [3.05, 3.63) is 53.8 Å². The van der Waals surface area contributed by atoms with Crippen LogP contribution in [0.3, 0.4) is 0 Å². The minimum Gasteiger partial charge on any atom is -0.455 e. The number of amides is 1. The van der Waals surface area contributed by atoms with Crippen LogP contribution in [0.15, 0.2) is 46.9 Å². The Morgan fingerprint density at radius 3 is 2.36 bits per heavy atom.